The first-order chi connectivity index (χ1) is 12.5. The van der Waals surface area contributed by atoms with Crippen LogP contribution in [0.2, 0.25) is 0 Å². The van der Waals surface area contributed by atoms with Crippen LogP contribution in [-0.4, -0.2) is 48.6 Å². The van der Waals surface area contributed by atoms with Gasteiger partial charge in [0.05, 0.1) is 17.6 Å². The summed E-state index contributed by atoms with van der Waals surface area (Å²) in [7, 11) is 1.92. The zero-order chi connectivity index (χ0) is 18.3. The summed E-state index contributed by atoms with van der Waals surface area (Å²) in [6.45, 7) is 5.26. The van der Waals surface area contributed by atoms with E-state index in [-0.39, 0.29) is 11.8 Å². The summed E-state index contributed by atoms with van der Waals surface area (Å²) in [6, 6.07) is 4.16. The number of pyridine rings is 1. The van der Waals surface area contributed by atoms with Crippen molar-refractivity contribution in [3.8, 4) is 0 Å². The van der Waals surface area contributed by atoms with Crippen LogP contribution in [0.3, 0.4) is 0 Å². The molecule has 1 aliphatic rings. The molecule has 1 amide bonds. The number of carbonyl (C=O) groups excluding carboxylic acids is 1. The molecule has 134 valence electrons. The number of rotatable bonds is 2. The minimum absolute atomic E-state index is 0.0559. The van der Waals surface area contributed by atoms with Crippen LogP contribution in [0, 0.1) is 13.8 Å². The van der Waals surface area contributed by atoms with Crippen LogP contribution >= 0.6 is 0 Å². The molecule has 7 heteroatoms. The first-order valence-electron chi connectivity index (χ1n) is 8.91. The quantitative estimate of drug-likeness (QED) is 0.709. The van der Waals surface area contributed by atoms with Crippen LogP contribution in [0.1, 0.15) is 46.3 Å². The molecule has 4 heterocycles. The van der Waals surface area contributed by atoms with E-state index in [0.29, 0.717) is 12.2 Å². The molecule has 1 atom stereocenters. The molecule has 3 aromatic heterocycles. The summed E-state index contributed by atoms with van der Waals surface area (Å²) in [4.78, 5) is 27.9. The number of carbonyl (C=O) groups is 1. The summed E-state index contributed by atoms with van der Waals surface area (Å²) in [5, 5.41) is 5.52. The van der Waals surface area contributed by atoms with Crippen molar-refractivity contribution in [2.45, 2.75) is 32.6 Å². The predicted octanol–water partition coefficient (Wildman–Crippen LogP) is 2.39. The zero-order valence-electron chi connectivity index (χ0n) is 15.3. The lowest BCUT2D eigenvalue weighted by Gasteiger charge is -2.32. The minimum atomic E-state index is -0.0559. The lowest BCUT2D eigenvalue weighted by atomic mass is 9.94. The van der Waals surface area contributed by atoms with Gasteiger partial charge in [-0.1, -0.05) is 0 Å². The second-order valence-electron chi connectivity index (χ2n) is 6.95. The molecule has 26 heavy (non-hydrogen) atoms. The van der Waals surface area contributed by atoms with Gasteiger partial charge in [0, 0.05) is 43.3 Å². The Labute approximate surface area is 152 Å². The van der Waals surface area contributed by atoms with Crippen LogP contribution in [0.15, 0.2) is 24.5 Å². The fourth-order valence-electron chi connectivity index (χ4n) is 3.61. The molecule has 1 aliphatic heterocycles. The Morgan fingerprint density at radius 2 is 2.04 bits per heavy atom. The Bertz CT molecular complexity index is 962. The summed E-state index contributed by atoms with van der Waals surface area (Å²) in [6.07, 6.45) is 5.18. The number of hydrogen-bond donors (Lipinski definition) is 0. The predicted molar refractivity (Wildman–Crippen MR) is 97.9 cm³/mol. The maximum absolute atomic E-state index is 12.7. The van der Waals surface area contributed by atoms with E-state index in [1.165, 1.54) is 0 Å². The van der Waals surface area contributed by atoms with E-state index in [2.05, 4.69) is 27.2 Å². The van der Waals surface area contributed by atoms with E-state index in [9.17, 15) is 4.79 Å². The van der Waals surface area contributed by atoms with Gasteiger partial charge in [0.25, 0.3) is 5.91 Å². The van der Waals surface area contributed by atoms with Gasteiger partial charge in [-0.15, -0.1) is 0 Å². The van der Waals surface area contributed by atoms with Gasteiger partial charge in [-0.2, -0.15) is 5.10 Å². The highest BCUT2D eigenvalue weighted by molar-refractivity contribution is 5.92. The van der Waals surface area contributed by atoms with Crippen molar-refractivity contribution in [2.24, 2.45) is 7.05 Å². The standard InChI is InChI=1S/C19H22N6O/c1-12-9-21-17(10-20-12)19(26)25-8-4-5-14(11-25)16-7-6-15-13(2)23-24(3)18(15)22-16/h6-7,9-10,14H,4-5,8,11H2,1-3H3. The third kappa shape index (κ3) is 2.94. The van der Waals surface area contributed by atoms with Gasteiger partial charge in [0.15, 0.2) is 5.65 Å². The van der Waals surface area contributed by atoms with E-state index in [4.69, 9.17) is 4.98 Å². The zero-order valence-corrected chi connectivity index (χ0v) is 15.3. The average molecular weight is 350 g/mol. The molecule has 0 aromatic carbocycles. The van der Waals surface area contributed by atoms with Gasteiger partial charge in [-0.3, -0.25) is 14.5 Å². The van der Waals surface area contributed by atoms with Crippen LogP contribution in [0.25, 0.3) is 11.0 Å². The molecule has 1 fully saturated rings. The Balaban J connectivity index is 1.57. The molecule has 0 aliphatic carbocycles. The van der Waals surface area contributed by atoms with Crippen molar-refractivity contribution in [1.29, 1.82) is 0 Å². The number of aromatic nitrogens is 5. The first kappa shape index (κ1) is 16.6. The summed E-state index contributed by atoms with van der Waals surface area (Å²) in [5.74, 6) is 0.172. The van der Waals surface area contributed by atoms with Gasteiger partial charge in [0.2, 0.25) is 0 Å². The SMILES string of the molecule is Cc1cnc(C(=O)N2CCCC(c3ccc4c(C)nn(C)c4n3)C2)cn1. The molecule has 4 rings (SSSR count). The van der Waals surface area contributed by atoms with Gasteiger partial charge >= 0.3 is 0 Å². The summed E-state index contributed by atoms with van der Waals surface area (Å²) in [5.41, 5.74) is 4.12. The molecule has 0 saturated carbocycles. The van der Waals surface area contributed by atoms with Gasteiger partial charge in [0.1, 0.15) is 5.69 Å². The van der Waals surface area contributed by atoms with Gasteiger partial charge < -0.3 is 4.90 Å². The molecule has 0 N–H and O–H groups in total. The largest absolute Gasteiger partial charge is 0.337 e. The maximum atomic E-state index is 12.7. The van der Waals surface area contributed by atoms with E-state index in [0.717, 1.165) is 47.5 Å². The second-order valence-corrected chi connectivity index (χ2v) is 6.95. The van der Waals surface area contributed by atoms with Crippen molar-refractivity contribution >= 4 is 16.9 Å². The molecule has 0 radical (unpaired) electrons. The molecule has 0 spiro atoms. The number of likely N-dealkylation sites (tertiary alicyclic amines) is 1. The van der Waals surface area contributed by atoms with Crippen LogP contribution in [0.4, 0.5) is 0 Å². The normalized spacial score (nSPS) is 17.7. The van der Waals surface area contributed by atoms with Crippen molar-refractivity contribution in [1.82, 2.24) is 29.6 Å². The highest BCUT2D eigenvalue weighted by Crippen LogP contribution is 2.28. The number of amides is 1. The fraction of sp³-hybridized carbons (Fsp3) is 0.421. The van der Waals surface area contributed by atoms with Crippen LogP contribution in [0.5, 0.6) is 0 Å². The monoisotopic (exact) mass is 350 g/mol. The molecular formula is C19H22N6O. The van der Waals surface area contributed by atoms with Crippen LogP contribution in [-0.2, 0) is 7.05 Å². The molecule has 3 aromatic rings. The lowest BCUT2D eigenvalue weighted by Crippen LogP contribution is -2.39. The smallest absolute Gasteiger partial charge is 0.274 e. The summed E-state index contributed by atoms with van der Waals surface area (Å²) < 4.78 is 1.82. The molecule has 1 unspecified atom stereocenters. The fourth-order valence-corrected chi connectivity index (χ4v) is 3.61. The highest BCUT2D eigenvalue weighted by Gasteiger charge is 2.27. The van der Waals surface area contributed by atoms with Crippen molar-refractivity contribution < 1.29 is 4.79 Å². The topological polar surface area (TPSA) is 76.8 Å². The molecule has 0 bridgehead atoms. The Hall–Kier alpha value is -2.83. The molecule has 1 saturated heterocycles. The Morgan fingerprint density at radius 1 is 1.19 bits per heavy atom. The van der Waals surface area contributed by atoms with E-state index < -0.39 is 0 Å². The number of aryl methyl sites for hydroxylation is 3. The third-order valence-electron chi connectivity index (χ3n) is 5.02. The number of fused-ring (bicyclic) bond motifs is 1. The lowest BCUT2D eigenvalue weighted by molar-refractivity contribution is 0.0699. The minimum Gasteiger partial charge on any atom is -0.337 e. The van der Waals surface area contributed by atoms with Crippen molar-refractivity contribution in [3.05, 3.63) is 47.3 Å². The highest BCUT2D eigenvalue weighted by atomic mass is 16.2. The number of hydrogen-bond acceptors (Lipinski definition) is 5. The number of nitrogens with zero attached hydrogens (tertiary/aromatic N) is 6. The molecular weight excluding hydrogens is 328 g/mol. The average Bonchev–Trinajstić information content (AvgIpc) is 2.95. The van der Waals surface area contributed by atoms with E-state index in [1.54, 1.807) is 12.4 Å². The van der Waals surface area contributed by atoms with E-state index in [1.807, 2.05) is 30.5 Å². The third-order valence-corrected chi connectivity index (χ3v) is 5.02. The van der Waals surface area contributed by atoms with Gasteiger partial charge in [-0.25, -0.2) is 9.97 Å². The Morgan fingerprint density at radius 3 is 2.81 bits per heavy atom. The van der Waals surface area contributed by atoms with E-state index >= 15 is 0 Å². The first-order valence-corrected chi connectivity index (χ1v) is 8.91. The second kappa shape index (κ2) is 6.48. The van der Waals surface area contributed by atoms with Crippen LogP contribution < -0.4 is 0 Å². The Kier molecular flexibility index (Phi) is 4.14. The van der Waals surface area contributed by atoms with Crippen molar-refractivity contribution in [2.75, 3.05) is 13.1 Å². The number of piperidine rings is 1. The molecule has 7 nitrogen and oxygen atoms in total. The van der Waals surface area contributed by atoms with Gasteiger partial charge in [-0.05, 0) is 38.8 Å². The summed E-state index contributed by atoms with van der Waals surface area (Å²) >= 11 is 0. The maximum Gasteiger partial charge on any atom is 0.274 e. The van der Waals surface area contributed by atoms with Crippen molar-refractivity contribution in [3.63, 3.8) is 0 Å².